The van der Waals surface area contributed by atoms with Gasteiger partial charge in [0.1, 0.15) is 5.82 Å². The van der Waals surface area contributed by atoms with E-state index >= 15 is 0 Å². The van der Waals surface area contributed by atoms with Crippen LogP contribution in [0.1, 0.15) is 32.0 Å². The molecule has 0 radical (unpaired) electrons. The van der Waals surface area contributed by atoms with Gasteiger partial charge in [-0.1, -0.05) is 49.4 Å². The summed E-state index contributed by atoms with van der Waals surface area (Å²) in [5.41, 5.74) is 1.91. The van der Waals surface area contributed by atoms with Gasteiger partial charge in [0.15, 0.2) is 0 Å². The first-order valence-electron chi connectivity index (χ1n) is 10.3. The number of benzene rings is 2. The Morgan fingerprint density at radius 2 is 1.73 bits per heavy atom. The Labute approximate surface area is 176 Å². The van der Waals surface area contributed by atoms with E-state index in [1.165, 1.54) is 4.68 Å². The van der Waals surface area contributed by atoms with Crippen LogP contribution in [0.5, 0.6) is 0 Å². The van der Waals surface area contributed by atoms with Crippen LogP contribution in [-0.4, -0.2) is 28.8 Å². The Morgan fingerprint density at radius 3 is 2.43 bits per heavy atom. The van der Waals surface area contributed by atoms with Crippen LogP contribution < -0.4 is 10.4 Å². The van der Waals surface area contributed by atoms with Gasteiger partial charge in [-0.05, 0) is 42.5 Å². The second-order valence-corrected chi connectivity index (χ2v) is 9.32. The van der Waals surface area contributed by atoms with E-state index in [2.05, 4.69) is 9.82 Å². The predicted octanol–water partition coefficient (Wildman–Crippen LogP) is 2.81. The molecule has 1 atom stereocenters. The molecule has 1 aliphatic rings. The van der Waals surface area contributed by atoms with Crippen molar-refractivity contribution in [1.82, 2.24) is 19.1 Å². The maximum atomic E-state index is 12.9. The van der Waals surface area contributed by atoms with Crippen molar-refractivity contribution < 1.29 is 8.42 Å². The number of sulfonamides is 1. The van der Waals surface area contributed by atoms with Crippen molar-refractivity contribution in [2.24, 2.45) is 0 Å². The van der Waals surface area contributed by atoms with Gasteiger partial charge in [0.2, 0.25) is 10.0 Å². The molecule has 0 saturated carbocycles. The molecule has 0 spiro atoms. The zero-order chi connectivity index (χ0) is 21.1. The molecule has 1 N–H and O–H groups in total. The fraction of sp³-hybridized carbons (Fsp3) is 0.364. The van der Waals surface area contributed by atoms with E-state index in [1.807, 2.05) is 49.4 Å². The molecular weight excluding hydrogens is 400 g/mol. The molecule has 4 rings (SSSR count). The van der Waals surface area contributed by atoms with Crippen LogP contribution in [0.4, 0.5) is 0 Å². The van der Waals surface area contributed by atoms with E-state index in [0.29, 0.717) is 32.4 Å². The predicted molar refractivity (Wildman–Crippen MR) is 116 cm³/mol. The van der Waals surface area contributed by atoms with Crippen LogP contribution in [0.15, 0.2) is 64.3 Å². The highest BCUT2D eigenvalue weighted by molar-refractivity contribution is 7.89. The van der Waals surface area contributed by atoms with Gasteiger partial charge in [0.05, 0.1) is 4.90 Å². The van der Waals surface area contributed by atoms with Gasteiger partial charge in [-0.15, -0.1) is 0 Å². The van der Waals surface area contributed by atoms with Gasteiger partial charge in [0.25, 0.3) is 0 Å². The van der Waals surface area contributed by atoms with E-state index < -0.39 is 10.0 Å². The molecule has 1 unspecified atom stereocenters. The summed E-state index contributed by atoms with van der Waals surface area (Å²) < 4.78 is 31.8. The molecule has 2 aromatic carbocycles. The Bertz CT molecular complexity index is 1170. The highest BCUT2D eigenvalue weighted by Crippen LogP contribution is 2.22. The molecule has 1 aromatic heterocycles. The van der Waals surface area contributed by atoms with Crippen LogP contribution in [0.2, 0.25) is 0 Å². The van der Waals surface area contributed by atoms with Crippen molar-refractivity contribution >= 4 is 10.0 Å². The molecule has 8 heteroatoms. The topological polar surface area (TPSA) is 86.0 Å². The average molecular weight is 427 g/mol. The standard InChI is InChI=1S/C22H26N4O3S/c1-2-15-26-22(27)25-16-14-19(10-13-21(25)23-26)24-30(28,29)20-11-8-18(9-12-20)17-6-4-3-5-7-17/h3-9,11-12,19,24H,2,10,13-16H2,1H3. The summed E-state index contributed by atoms with van der Waals surface area (Å²) in [5.74, 6) is 0.738. The zero-order valence-electron chi connectivity index (χ0n) is 17.0. The second-order valence-electron chi connectivity index (χ2n) is 7.61. The molecule has 1 aliphatic heterocycles. The summed E-state index contributed by atoms with van der Waals surface area (Å²) in [6.45, 7) is 3.08. The van der Waals surface area contributed by atoms with Crippen LogP contribution in [0.25, 0.3) is 11.1 Å². The molecule has 3 aromatic rings. The Balaban J connectivity index is 1.45. The summed E-state index contributed by atoms with van der Waals surface area (Å²) in [6, 6.07) is 16.5. The quantitative estimate of drug-likeness (QED) is 0.657. The number of aryl methyl sites for hydroxylation is 2. The van der Waals surface area contributed by atoms with Crippen molar-refractivity contribution in [3.8, 4) is 11.1 Å². The maximum Gasteiger partial charge on any atom is 0.345 e. The van der Waals surface area contributed by atoms with E-state index in [1.54, 1.807) is 16.7 Å². The number of nitrogens with zero attached hydrogens (tertiary/aromatic N) is 3. The highest BCUT2D eigenvalue weighted by Gasteiger charge is 2.25. The second kappa shape index (κ2) is 8.57. The minimum absolute atomic E-state index is 0.105. The van der Waals surface area contributed by atoms with Crippen LogP contribution >= 0.6 is 0 Å². The molecule has 158 valence electrons. The molecule has 0 fully saturated rings. The third-order valence-electron chi connectivity index (χ3n) is 5.45. The first kappa shape index (κ1) is 20.6. The summed E-state index contributed by atoms with van der Waals surface area (Å²) in [4.78, 5) is 12.7. The third kappa shape index (κ3) is 4.24. The number of aromatic nitrogens is 3. The van der Waals surface area contributed by atoms with Crippen molar-refractivity contribution in [2.75, 3.05) is 0 Å². The number of hydrogen-bond acceptors (Lipinski definition) is 4. The van der Waals surface area contributed by atoms with Gasteiger partial charge >= 0.3 is 5.69 Å². The molecule has 0 aliphatic carbocycles. The zero-order valence-corrected chi connectivity index (χ0v) is 17.8. The Hall–Kier alpha value is -2.71. The van der Waals surface area contributed by atoms with Crippen LogP contribution in [0.3, 0.4) is 0 Å². The van der Waals surface area contributed by atoms with E-state index in [4.69, 9.17) is 0 Å². The van der Waals surface area contributed by atoms with Crippen molar-refractivity contribution in [3.05, 3.63) is 70.9 Å². The summed E-state index contributed by atoms with van der Waals surface area (Å²) in [5, 5.41) is 4.42. The van der Waals surface area contributed by atoms with E-state index in [9.17, 15) is 13.2 Å². The minimum atomic E-state index is -3.64. The fourth-order valence-electron chi connectivity index (χ4n) is 3.85. The first-order valence-corrected chi connectivity index (χ1v) is 11.8. The molecule has 0 amide bonds. The lowest BCUT2D eigenvalue weighted by molar-refractivity contribution is 0.483. The summed E-state index contributed by atoms with van der Waals surface area (Å²) in [6.07, 6.45) is 2.60. The van der Waals surface area contributed by atoms with Crippen LogP contribution in [-0.2, 0) is 29.5 Å². The molecule has 0 saturated heterocycles. The summed E-state index contributed by atoms with van der Waals surface area (Å²) in [7, 11) is -3.64. The smallest absolute Gasteiger partial charge is 0.279 e. The van der Waals surface area contributed by atoms with Gasteiger partial charge in [0, 0.05) is 25.6 Å². The SMILES string of the molecule is CCCn1nc2n(c1=O)CCC(NS(=O)(=O)c1ccc(-c3ccccc3)cc1)CC2. The molecule has 7 nitrogen and oxygen atoms in total. The number of nitrogens with one attached hydrogen (secondary N) is 1. The van der Waals surface area contributed by atoms with Crippen molar-refractivity contribution in [3.63, 3.8) is 0 Å². The van der Waals surface area contributed by atoms with Gasteiger partial charge in [-0.25, -0.2) is 22.6 Å². The first-order chi connectivity index (χ1) is 14.5. The largest absolute Gasteiger partial charge is 0.345 e. The molecule has 2 heterocycles. The lowest BCUT2D eigenvalue weighted by Crippen LogP contribution is -2.35. The van der Waals surface area contributed by atoms with Crippen molar-refractivity contribution in [1.29, 1.82) is 0 Å². The minimum Gasteiger partial charge on any atom is -0.279 e. The number of fused-ring (bicyclic) bond motifs is 1. The van der Waals surface area contributed by atoms with Gasteiger partial charge in [-0.3, -0.25) is 4.57 Å². The maximum absolute atomic E-state index is 12.9. The highest BCUT2D eigenvalue weighted by atomic mass is 32.2. The van der Waals surface area contributed by atoms with Gasteiger partial charge in [-0.2, -0.15) is 5.10 Å². The molecule has 30 heavy (non-hydrogen) atoms. The number of rotatable bonds is 6. The van der Waals surface area contributed by atoms with Gasteiger partial charge < -0.3 is 0 Å². The monoisotopic (exact) mass is 426 g/mol. The van der Waals surface area contributed by atoms with Crippen molar-refractivity contribution in [2.45, 2.75) is 56.6 Å². The van der Waals surface area contributed by atoms with Crippen LogP contribution in [0, 0.1) is 0 Å². The number of hydrogen-bond donors (Lipinski definition) is 1. The average Bonchev–Trinajstić information content (AvgIpc) is 2.92. The normalized spacial score (nSPS) is 16.8. The van der Waals surface area contributed by atoms with E-state index in [0.717, 1.165) is 23.4 Å². The lowest BCUT2D eigenvalue weighted by atomic mass is 10.1. The Kier molecular flexibility index (Phi) is 5.87. The molecule has 0 bridgehead atoms. The van der Waals surface area contributed by atoms with E-state index in [-0.39, 0.29) is 16.6 Å². The lowest BCUT2D eigenvalue weighted by Gasteiger charge is -2.16. The Morgan fingerprint density at radius 1 is 1.03 bits per heavy atom. The third-order valence-corrected chi connectivity index (χ3v) is 6.98. The fourth-order valence-corrected chi connectivity index (χ4v) is 5.15. The summed E-state index contributed by atoms with van der Waals surface area (Å²) >= 11 is 0. The molecular formula is C22H26N4O3S.